The van der Waals surface area contributed by atoms with Gasteiger partial charge in [-0.25, -0.2) is 0 Å². The van der Waals surface area contributed by atoms with Gasteiger partial charge in [0.25, 0.3) is 0 Å². The van der Waals surface area contributed by atoms with Crippen LogP contribution in [0.4, 0.5) is 0 Å². The minimum absolute atomic E-state index is 0.0109. The summed E-state index contributed by atoms with van der Waals surface area (Å²) in [5.41, 5.74) is 5.11. The number of ether oxygens (including phenoxy) is 1. The zero-order chi connectivity index (χ0) is 14.1. The fourth-order valence-corrected chi connectivity index (χ4v) is 2.55. The summed E-state index contributed by atoms with van der Waals surface area (Å²) in [5, 5.41) is 15.0. The van der Waals surface area contributed by atoms with Crippen molar-refractivity contribution in [3.05, 3.63) is 0 Å². The van der Waals surface area contributed by atoms with Crippen molar-refractivity contribution < 1.29 is 14.7 Å². The van der Waals surface area contributed by atoms with Crippen LogP contribution >= 0.6 is 0 Å². The highest BCUT2D eigenvalue weighted by Crippen LogP contribution is 2.26. The zero-order valence-electron chi connectivity index (χ0n) is 11.7. The molecule has 1 fully saturated rings. The van der Waals surface area contributed by atoms with Gasteiger partial charge in [-0.05, 0) is 19.8 Å². The number of nitrogens with two attached hydrogens (primary N) is 1. The molecule has 0 atom stereocenters. The molecule has 19 heavy (non-hydrogen) atoms. The van der Waals surface area contributed by atoms with Crippen molar-refractivity contribution in [3.8, 4) is 0 Å². The molecule has 0 heterocycles. The number of hydrogen-bond acceptors (Lipinski definition) is 4. The van der Waals surface area contributed by atoms with Gasteiger partial charge in [0.1, 0.15) is 12.1 Å². The second-order valence-electron chi connectivity index (χ2n) is 5.02. The molecule has 0 aliphatic heterocycles. The highest BCUT2D eigenvalue weighted by Gasteiger charge is 2.36. The largest absolute Gasteiger partial charge is 0.409 e. The molecule has 110 valence electrons. The summed E-state index contributed by atoms with van der Waals surface area (Å²) in [4.78, 5) is 11.9. The SMILES string of the molecule is CCOCC(=O)NC1(/C(N)=N/O)CCCCCCC1. The summed E-state index contributed by atoms with van der Waals surface area (Å²) in [5.74, 6) is -0.117. The van der Waals surface area contributed by atoms with Crippen LogP contribution in [-0.4, -0.2) is 35.7 Å². The van der Waals surface area contributed by atoms with Crippen LogP contribution in [0.2, 0.25) is 0 Å². The van der Waals surface area contributed by atoms with Crippen molar-refractivity contribution in [2.75, 3.05) is 13.2 Å². The Bertz CT molecular complexity index is 310. The van der Waals surface area contributed by atoms with E-state index in [1.54, 1.807) is 0 Å². The maximum Gasteiger partial charge on any atom is 0.246 e. The number of nitrogens with one attached hydrogen (secondary N) is 1. The van der Waals surface area contributed by atoms with Crippen LogP contribution in [-0.2, 0) is 9.53 Å². The van der Waals surface area contributed by atoms with E-state index in [-0.39, 0.29) is 18.3 Å². The first kappa shape index (κ1) is 15.8. The number of carbonyl (C=O) groups excluding carboxylic acids is 1. The maximum atomic E-state index is 11.9. The van der Waals surface area contributed by atoms with Gasteiger partial charge in [-0.2, -0.15) is 0 Å². The van der Waals surface area contributed by atoms with Crippen molar-refractivity contribution in [3.63, 3.8) is 0 Å². The molecule has 0 saturated heterocycles. The number of nitrogens with zero attached hydrogens (tertiary/aromatic N) is 1. The van der Waals surface area contributed by atoms with Gasteiger partial charge in [0.15, 0.2) is 5.84 Å². The van der Waals surface area contributed by atoms with E-state index in [0.717, 1.165) is 25.7 Å². The van der Waals surface area contributed by atoms with Gasteiger partial charge < -0.3 is 21.0 Å². The van der Waals surface area contributed by atoms with E-state index < -0.39 is 5.54 Å². The van der Waals surface area contributed by atoms with Gasteiger partial charge >= 0.3 is 0 Å². The number of rotatable bonds is 5. The molecule has 0 bridgehead atoms. The predicted octanol–water partition coefficient (Wildman–Crippen LogP) is 1.37. The Morgan fingerprint density at radius 1 is 1.32 bits per heavy atom. The van der Waals surface area contributed by atoms with Crippen LogP contribution < -0.4 is 11.1 Å². The highest BCUT2D eigenvalue weighted by atomic mass is 16.5. The average molecular weight is 271 g/mol. The van der Waals surface area contributed by atoms with E-state index in [1.165, 1.54) is 6.42 Å². The lowest BCUT2D eigenvalue weighted by Crippen LogP contribution is -2.58. The molecule has 0 aromatic carbocycles. The van der Waals surface area contributed by atoms with Crippen LogP contribution in [0.25, 0.3) is 0 Å². The Morgan fingerprint density at radius 3 is 2.42 bits per heavy atom. The first-order chi connectivity index (χ1) is 9.14. The molecule has 6 heteroatoms. The monoisotopic (exact) mass is 271 g/mol. The number of hydrogen-bond donors (Lipinski definition) is 3. The lowest BCUT2D eigenvalue weighted by molar-refractivity contribution is -0.127. The third-order valence-corrected chi connectivity index (χ3v) is 3.62. The molecule has 4 N–H and O–H groups in total. The standard InChI is InChI=1S/C13H25N3O3/c1-2-19-10-11(17)15-13(12(14)16-18)8-6-4-3-5-7-9-13/h18H,2-10H2,1H3,(H2,14,16)(H,15,17). The van der Waals surface area contributed by atoms with E-state index in [2.05, 4.69) is 10.5 Å². The number of amidine groups is 1. The van der Waals surface area contributed by atoms with Gasteiger partial charge in [0.05, 0.1) is 0 Å². The zero-order valence-corrected chi connectivity index (χ0v) is 11.7. The summed E-state index contributed by atoms with van der Waals surface area (Å²) in [6.07, 6.45) is 6.78. The summed E-state index contributed by atoms with van der Waals surface area (Å²) >= 11 is 0. The molecule has 0 spiro atoms. The molecule has 1 rings (SSSR count). The molecule has 0 unspecified atom stereocenters. The smallest absolute Gasteiger partial charge is 0.246 e. The van der Waals surface area contributed by atoms with Crippen LogP contribution in [0, 0.1) is 0 Å². The van der Waals surface area contributed by atoms with E-state index in [9.17, 15) is 4.79 Å². The minimum Gasteiger partial charge on any atom is -0.409 e. The summed E-state index contributed by atoms with van der Waals surface area (Å²) in [7, 11) is 0. The third-order valence-electron chi connectivity index (χ3n) is 3.62. The minimum atomic E-state index is -0.719. The molecule has 0 aromatic rings. The van der Waals surface area contributed by atoms with E-state index in [0.29, 0.717) is 19.4 Å². The molecular formula is C13H25N3O3. The van der Waals surface area contributed by atoms with Crippen molar-refractivity contribution in [1.29, 1.82) is 0 Å². The molecule has 6 nitrogen and oxygen atoms in total. The van der Waals surface area contributed by atoms with Crippen molar-refractivity contribution in [2.45, 2.75) is 57.4 Å². The Morgan fingerprint density at radius 2 is 1.89 bits per heavy atom. The highest BCUT2D eigenvalue weighted by molar-refractivity contribution is 5.94. The van der Waals surface area contributed by atoms with Crippen molar-refractivity contribution in [2.24, 2.45) is 10.9 Å². The molecule has 0 aromatic heterocycles. The fraction of sp³-hybridized carbons (Fsp3) is 0.846. The van der Waals surface area contributed by atoms with E-state index in [4.69, 9.17) is 15.7 Å². The van der Waals surface area contributed by atoms with Crippen LogP contribution in [0.3, 0.4) is 0 Å². The van der Waals surface area contributed by atoms with Crippen molar-refractivity contribution >= 4 is 11.7 Å². The van der Waals surface area contributed by atoms with E-state index in [1.807, 2.05) is 6.92 Å². The lowest BCUT2D eigenvalue weighted by atomic mass is 9.83. The molecule has 1 amide bonds. The molecular weight excluding hydrogens is 246 g/mol. The Balaban J connectivity index is 2.76. The second kappa shape index (κ2) is 7.99. The average Bonchev–Trinajstić information content (AvgIpc) is 2.38. The lowest BCUT2D eigenvalue weighted by Gasteiger charge is -2.35. The predicted molar refractivity (Wildman–Crippen MR) is 73.1 cm³/mol. The van der Waals surface area contributed by atoms with Crippen LogP contribution in [0.5, 0.6) is 0 Å². The molecule has 0 radical (unpaired) electrons. The topological polar surface area (TPSA) is 96.9 Å². The van der Waals surface area contributed by atoms with Gasteiger partial charge in [-0.1, -0.05) is 37.3 Å². The van der Waals surface area contributed by atoms with Gasteiger partial charge in [0.2, 0.25) is 5.91 Å². The summed E-state index contributed by atoms with van der Waals surface area (Å²) < 4.78 is 5.10. The van der Waals surface area contributed by atoms with E-state index >= 15 is 0 Å². The van der Waals surface area contributed by atoms with Crippen LogP contribution in [0.1, 0.15) is 51.9 Å². The molecule has 1 aliphatic carbocycles. The Kier molecular flexibility index (Phi) is 6.62. The summed E-state index contributed by atoms with van der Waals surface area (Å²) in [6, 6.07) is 0. The number of oxime groups is 1. The number of carbonyl (C=O) groups is 1. The maximum absolute atomic E-state index is 11.9. The summed E-state index contributed by atoms with van der Waals surface area (Å²) in [6.45, 7) is 2.34. The molecule has 1 saturated carbocycles. The first-order valence-electron chi connectivity index (χ1n) is 7.01. The normalized spacial score (nSPS) is 20.4. The third kappa shape index (κ3) is 4.70. The second-order valence-corrected chi connectivity index (χ2v) is 5.02. The quantitative estimate of drug-likeness (QED) is 0.304. The number of amides is 1. The fourth-order valence-electron chi connectivity index (χ4n) is 2.55. The van der Waals surface area contributed by atoms with Gasteiger partial charge in [-0.15, -0.1) is 0 Å². The van der Waals surface area contributed by atoms with Gasteiger partial charge in [-0.3, -0.25) is 4.79 Å². The van der Waals surface area contributed by atoms with Crippen LogP contribution in [0.15, 0.2) is 5.16 Å². The van der Waals surface area contributed by atoms with Crippen molar-refractivity contribution in [1.82, 2.24) is 5.32 Å². The molecule has 1 aliphatic rings. The van der Waals surface area contributed by atoms with Gasteiger partial charge in [0, 0.05) is 6.61 Å². The first-order valence-corrected chi connectivity index (χ1v) is 7.01. The Hall–Kier alpha value is -1.30. The Labute approximate surface area is 114 Å².